The number of rotatable bonds is 9. The van der Waals surface area contributed by atoms with Crippen LogP contribution in [0.1, 0.15) is 0 Å². The van der Waals surface area contributed by atoms with Gasteiger partial charge in [-0.3, -0.25) is 9.36 Å². The number of thioether (sulfide) groups is 1. The lowest BCUT2D eigenvalue weighted by atomic mass is 10.3. The summed E-state index contributed by atoms with van der Waals surface area (Å²) in [5.74, 6) is 0.748. The Bertz CT molecular complexity index is 941. The van der Waals surface area contributed by atoms with Gasteiger partial charge in [-0.25, -0.2) is 4.39 Å². The Labute approximate surface area is 166 Å². The van der Waals surface area contributed by atoms with Gasteiger partial charge in [0.1, 0.15) is 5.82 Å². The molecule has 0 fully saturated rings. The Morgan fingerprint density at radius 3 is 2.50 bits per heavy atom. The summed E-state index contributed by atoms with van der Waals surface area (Å²) in [4.78, 5) is 14.1. The highest BCUT2D eigenvalue weighted by Crippen LogP contribution is 2.28. The van der Waals surface area contributed by atoms with Crippen LogP contribution in [0, 0.1) is 5.82 Å². The van der Waals surface area contributed by atoms with Crippen LogP contribution in [0.2, 0.25) is 0 Å². The van der Waals surface area contributed by atoms with Crippen LogP contribution in [0.25, 0.3) is 17.3 Å². The maximum absolute atomic E-state index is 13.4. The average molecular weight is 398 g/mol. The third-order valence-electron chi connectivity index (χ3n) is 3.84. The Hall–Kier alpha value is -3.13. The van der Waals surface area contributed by atoms with E-state index in [2.05, 4.69) is 23.4 Å². The summed E-state index contributed by atoms with van der Waals surface area (Å²) >= 11 is 1.25. The van der Waals surface area contributed by atoms with Crippen LogP contribution >= 0.6 is 11.8 Å². The van der Waals surface area contributed by atoms with Crippen LogP contribution in [0.4, 0.5) is 4.39 Å². The Balaban J connectivity index is 1.89. The van der Waals surface area contributed by atoms with Gasteiger partial charge in [-0.2, -0.15) is 0 Å². The molecule has 28 heavy (non-hydrogen) atoms. The van der Waals surface area contributed by atoms with Crippen molar-refractivity contribution in [3.05, 3.63) is 73.8 Å². The second-order valence-corrected chi connectivity index (χ2v) is 6.70. The van der Waals surface area contributed by atoms with E-state index in [4.69, 9.17) is 4.42 Å². The molecule has 144 valence electrons. The first kappa shape index (κ1) is 19.6. The number of halogens is 1. The average Bonchev–Trinajstić information content (AvgIpc) is 3.36. The van der Waals surface area contributed by atoms with Gasteiger partial charge in [0, 0.05) is 13.1 Å². The van der Waals surface area contributed by atoms with Gasteiger partial charge < -0.3 is 9.32 Å². The summed E-state index contributed by atoms with van der Waals surface area (Å²) in [6.07, 6.45) is 4.88. The van der Waals surface area contributed by atoms with Crippen LogP contribution in [0.5, 0.6) is 0 Å². The molecule has 0 unspecified atom stereocenters. The summed E-state index contributed by atoms with van der Waals surface area (Å²) in [6, 6.07) is 9.47. The van der Waals surface area contributed by atoms with Crippen molar-refractivity contribution < 1.29 is 13.6 Å². The summed E-state index contributed by atoms with van der Waals surface area (Å²) in [6.45, 7) is 8.22. The maximum atomic E-state index is 13.4. The molecule has 8 heteroatoms. The third kappa shape index (κ3) is 4.40. The van der Waals surface area contributed by atoms with Crippen molar-refractivity contribution in [1.29, 1.82) is 0 Å². The van der Waals surface area contributed by atoms with E-state index in [1.165, 1.54) is 30.2 Å². The summed E-state index contributed by atoms with van der Waals surface area (Å²) in [5, 5.41) is 8.91. The summed E-state index contributed by atoms with van der Waals surface area (Å²) < 4.78 is 20.5. The molecule has 6 nitrogen and oxygen atoms in total. The molecule has 0 aliphatic carbocycles. The van der Waals surface area contributed by atoms with Crippen molar-refractivity contribution in [3.63, 3.8) is 0 Å². The first-order chi connectivity index (χ1) is 13.6. The molecule has 1 amide bonds. The SMILES string of the molecule is C=CCN(CC=C)C(=O)CSc1nnc(-c2ccco2)n1-c1ccc(F)cc1. The molecule has 3 aromatic rings. The zero-order valence-corrected chi connectivity index (χ0v) is 15.9. The molecule has 1 aromatic carbocycles. The molecule has 2 heterocycles. The fourth-order valence-corrected chi connectivity index (χ4v) is 3.41. The van der Waals surface area contributed by atoms with Gasteiger partial charge in [-0.15, -0.1) is 23.4 Å². The van der Waals surface area contributed by atoms with Gasteiger partial charge in [0.2, 0.25) is 11.7 Å². The third-order valence-corrected chi connectivity index (χ3v) is 4.75. The van der Waals surface area contributed by atoms with Crippen LogP contribution in [0.15, 0.2) is 77.5 Å². The molecule has 0 saturated heterocycles. The summed E-state index contributed by atoms with van der Waals surface area (Å²) in [7, 11) is 0. The predicted octanol–water partition coefficient (Wildman–Crippen LogP) is 3.96. The van der Waals surface area contributed by atoms with Gasteiger partial charge in [0.05, 0.1) is 17.7 Å². The zero-order chi connectivity index (χ0) is 19.9. The highest BCUT2D eigenvalue weighted by atomic mass is 32.2. The van der Waals surface area contributed by atoms with Gasteiger partial charge in [0.25, 0.3) is 0 Å². The quantitative estimate of drug-likeness (QED) is 0.403. The Morgan fingerprint density at radius 1 is 1.18 bits per heavy atom. The van der Waals surface area contributed by atoms with E-state index in [0.29, 0.717) is 35.5 Å². The zero-order valence-electron chi connectivity index (χ0n) is 15.1. The van der Waals surface area contributed by atoms with Gasteiger partial charge in [-0.1, -0.05) is 23.9 Å². The molecule has 0 atom stereocenters. The van der Waals surface area contributed by atoms with Gasteiger partial charge >= 0.3 is 0 Å². The fraction of sp³-hybridized carbons (Fsp3) is 0.150. The highest BCUT2D eigenvalue weighted by Gasteiger charge is 2.20. The normalized spacial score (nSPS) is 10.6. The lowest BCUT2D eigenvalue weighted by molar-refractivity contribution is -0.127. The van der Waals surface area contributed by atoms with E-state index in [1.54, 1.807) is 45.9 Å². The van der Waals surface area contributed by atoms with E-state index in [-0.39, 0.29) is 17.5 Å². The lowest BCUT2D eigenvalue weighted by Crippen LogP contribution is -2.32. The summed E-state index contributed by atoms with van der Waals surface area (Å²) in [5.41, 5.74) is 0.668. The van der Waals surface area contributed by atoms with Gasteiger partial charge in [-0.05, 0) is 36.4 Å². The number of aromatic nitrogens is 3. The van der Waals surface area contributed by atoms with Crippen molar-refractivity contribution in [3.8, 4) is 17.3 Å². The minimum Gasteiger partial charge on any atom is -0.461 e. The molecule has 2 aromatic heterocycles. The minimum absolute atomic E-state index is 0.0713. The number of amides is 1. The number of furan rings is 1. The molecule has 0 radical (unpaired) electrons. The van der Waals surface area contributed by atoms with E-state index in [1.807, 2.05) is 0 Å². The molecule has 0 aliphatic heterocycles. The van der Waals surface area contributed by atoms with Crippen molar-refractivity contribution in [2.45, 2.75) is 5.16 Å². The predicted molar refractivity (Wildman–Crippen MR) is 107 cm³/mol. The molecule has 0 spiro atoms. The maximum Gasteiger partial charge on any atom is 0.233 e. The van der Waals surface area contributed by atoms with Crippen molar-refractivity contribution in [1.82, 2.24) is 19.7 Å². The first-order valence-corrected chi connectivity index (χ1v) is 9.50. The molecule has 3 rings (SSSR count). The standard InChI is InChI=1S/C20H19FN4O2S/c1-3-11-24(12-4-2)18(26)14-28-20-23-22-19(17-6-5-13-27-17)25(20)16-9-7-15(21)8-10-16/h3-10,13H,1-2,11-12,14H2. The minimum atomic E-state index is -0.342. The number of benzene rings is 1. The number of carbonyl (C=O) groups is 1. The Morgan fingerprint density at radius 2 is 1.89 bits per heavy atom. The molecule has 0 aliphatic rings. The number of hydrogen-bond donors (Lipinski definition) is 0. The Kier molecular flexibility index (Phi) is 6.44. The molecular formula is C20H19FN4O2S. The second-order valence-electron chi connectivity index (χ2n) is 5.76. The van der Waals surface area contributed by atoms with Crippen molar-refractivity contribution >= 4 is 17.7 Å². The number of hydrogen-bond acceptors (Lipinski definition) is 5. The van der Waals surface area contributed by atoms with Crippen LogP contribution in [0.3, 0.4) is 0 Å². The van der Waals surface area contributed by atoms with E-state index in [9.17, 15) is 9.18 Å². The molecular weight excluding hydrogens is 379 g/mol. The van der Waals surface area contributed by atoms with Crippen LogP contribution in [-0.4, -0.2) is 44.4 Å². The largest absolute Gasteiger partial charge is 0.461 e. The van der Waals surface area contributed by atoms with E-state index >= 15 is 0 Å². The van der Waals surface area contributed by atoms with Crippen molar-refractivity contribution in [2.75, 3.05) is 18.8 Å². The molecule has 0 N–H and O–H groups in total. The van der Waals surface area contributed by atoms with Crippen molar-refractivity contribution in [2.24, 2.45) is 0 Å². The second kappa shape index (κ2) is 9.18. The molecule has 0 bridgehead atoms. The first-order valence-electron chi connectivity index (χ1n) is 8.51. The van der Waals surface area contributed by atoms with Gasteiger partial charge in [0.15, 0.2) is 10.9 Å². The lowest BCUT2D eigenvalue weighted by Gasteiger charge is -2.18. The highest BCUT2D eigenvalue weighted by molar-refractivity contribution is 7.99. The monoisotopic (exact) mass is 398 g/mol. The van der Waals surface area contributed by atoms with Crippen LogP contribution in [-0.2, 0) is 4.79 Å². The van der Waals surface area contributed by atoms with Crippen LogP contribution < -0.4 is 0 Å². The topological polar surface area (TPSA) is 64.2 Å². The van der Waals surface area contributed by atoms with E-state index < -0.39 is 0 Å². The fourth-order valence-electron chi connectivity index (χ4n) is 2.56. The number of nitrogens with zero attached hydrogens (tertiary/aromatic N) is 4. The molecule has 0 saturated carbocycles. The number of carbonyl (C=O) groups excluding carboxylic acids is 1. The van der Waals surface area contributed by atoms with E-state index in [0.717, 1.165) is 0 Å². The smallest absolute Gasteiger partial charge is 0.233 e.